The van der Waals surface area contributed by atoms with Crippen molar-refractivity contribution in [2.24, 2.45) is 0 Å². The highest BCUT2D eigenvalue weighted by atomic mass is 16.4. The lowest BCUT2D eigenvalue weighted by molar-refractivity contribution is -0.144. The minimum Gasteiger partial charge on any atom is -0.510 e. The van der Waals surface area contributed by atoms with E-state index in [9.17, 15) is 24.6 Å². The van der Waals surface area contributed by atoms with E-state index in [2.05, 4.69) is 17.6 Å². The molecule has 0 saturated carbocycles. The molecule has 2 amide bonds. The van der Waals surface area contributed by atoms with Crippen molar-refractivity contribution in [1.29, 1.82) is 0 Å². The van der Waals surface area contributed by atoms with Gasteiger partial charge in [-0.2, -0.15) is 0 Å². The molecule has 0 aromatic carbocycles. The fourth-order valence-corrected chi connectivity index (χ4v) is 2.48. The quantitative estimate of drug-likeness (QED) is 0.177. The number of hydrogen-bond acceptors (Lipinski definition) is 5. The third kappa shape index (κ3) is 10.6. The third-order valence-corrected chi connectivity index (χ3v) is 4.16. The van der Waals surface area contributed by atoms with E-state index in [1.54, 1.807) is 6.92 Å². The number of aliphatic hydroxyl groups excluding tert-OH is 2. The molecule has 0 saturated heterocycles. The summed E-state index contributed by atoms with van der Waals surface area (Å²) in [5.74, 6) is -3.13. The Bertz CT molecular complexity index is 516. The van der Waals surface area contributed by atoms with Crippen LogP contribution in [-0.4, -0.2) is 45.2 Å². The van der Waals surface area contributed by atoms with Crippen molar-refractivity contribution in [3.8, 4) is 0 Å². The number of carboxylic acids is 1. The van der Waals surface area contributed by atoms with Crippen LogP contribution in [0.5, 0.6) is 0 Å². The van der Waals surface area contributed by atoms with Gasteiger partial charge in [0.15, 0.2) is 6.04 Å². The summed E-state index contributed by atoms with van der Waals surface area (Å²) < 4.78 is 0. The Kier molecular flexibility index (Phi) is 12.9. The molecule has 2 atom stereocenters. The Hall–Kier alpha value is -2.09. The maximum Gasteiger partial charge on any atom is 0.328 e. The molecule has 0 aromatic rings. The van der Waals surface area contributed by atoms with E-state index >= 15 is 0 Å². The molecular weight excluding hydrogens is 352 g/mol. The van der Waals surface area contributed by atoms with Crippen LogP contribution in [0, 0.1) is 0 Å². The van der Waals surface area contributed by atoms with Gasteiger partial charge in [0.1, 0.15) is 11.5 Å². The van der Waals surface area contributed by atoms with Crippen LogP contribution < -0.4 is 10.6 Å². The monoisotopic (exact) mass is 386 g/mol. The van der Waals surface area contributed by atoms with E-state index in [-0.39, 0.29) is 24.3 Å². The summed E-state index contributed by atoms with van der Waals surface area (Å²) >= 11 is 0. The van der Waals surface area contributed by atoms with Crippen LogP contribution in [0.25, 0.3) is 0 Å². The molecule has 0 rings (SSSR count). The van der Waals surface area contributed by atoms with Gasteiger partial charge < -0.3 is 26.0 Å². The van der Waals surface area contributed by atoms with E-state index in [4.69, 9.17) is 5.11 Å². The van der Waals surface area contributed by atoms with Gasteiger partial charge in [-0.1, -0.05) is 52.4 Å². The highest BCUT2D eigenvalue weighted by Crippen LogP contribution is 2.10. The first-order valence-electron chi connectivity index (χ1n) is 9.68. The van der Waals surface area contributed by atoms with Gasteiger partial charge in [-0.3, -0.25) is 9.59 Å². The van der Waals surface area contributed by atoms with Gasteiger partial charge in [0.2, 0.25) is 5.91 Å². The molecule has 5 N–H and O–H groups in total. The summed E-state index contributed by atoms with van der Waals surface area (Å²) in [6.07, 6.45) is 6.31. The molecule has 2 unspecified atom stereocenters. The van der Waals surface area contributed by atoms with Crippen LogP contribution >= 0.6 is 0 Å². The lowest BCUT2D eigenvalue weighted by Crippen LogP contribution is -2.50. The van der Waals surface area contributed by atoms with Crippen molar-refractivity contribution in [3.63, 3.8) is 0 Å². The maximum atomic E-state index is 12.3. The second-order valence-electron chi connectivity index (χ2n) is 6.62. The zero-order valence-corrected chi connectivity index (χ0v) is 16.6. The van der Waals surface area contributed by atoms with Crippen LogP contribution in [-0.2, 0) is 14.4 Å². The normalized spacial score (nSPS) is 14.1. The first kappa shape index (κ1) is 24.9. The highest BCUT2D eigenvalue weighted by molar-refractivity contribution is 5.99. The topological polar surface area (TPSA) is 136 Å². The molecule has 0 aliphatic carbocycles. The minimum atomic E-state index is -1.54. The number of allylic oxidation sites excluding steroid dienone is 1. The van der Waals surface area contributed by atoms with E-state index in [1.165, 1.54) is 26.2 Å². The van der Waals surface area contributed by atoms with E-state index in [0.29, 0.717) is 6.42 Å². The SMILES string of the molecule is CCCCCCCCCC(=O)NC(C(=O)NC(C(=O)O)C(C)O)=C(O)CC. The molecular formula is C19H34N2O6. The number of carbonyl (C=O) groups excluding carboxylic acids is 2. The number of aliphatic carboxylic acids is 1. The number of amides is 2. The summed E-state index contributed by atoms with van der Waals surface area (Å²) in [7, 11) is 0. The third-order valence-electron chi connectivity index (χ3n) is 4.16. The first-order valence-corrected chi connectivity index (χ1v) is 9.68. The number of nitrogens with one attached hydrogen (secondary N) is 2. The van der Waals surface area contributed by atoms with Crippen molar-refractivity contribution >= 4 is 17.8 Å². The Morgan fingerprint density at radius 3 is 1.96 bits per heavy atom. The van der Waals surface area contributed by atoms with Crippen molar-refractivity contribution in [3.05, 3.63) is 11.5 Å². The number of aliphatic hydroxyl groups is 2. The van der Waals surface area contributed by atoms with Crippen LogP contribution in [0.4, 0.5) is 0 Å². The molecule has 8 heteroatoms. The average Bonchev–Trinajstić information content (AvgIpc) is 2.61. The molecule has 0 bridgehead atoms. The first-order chi connectivity index (χ1) is 12.7. The lowest BCUT2D eigenvalue weighted by Gasteiger charge is -2.19. The molecule has 0 radical (unpaired) electrons. The lowest BCUT2D eigenvalue weighted by atomic mass is 10.1. The van der Waals surface area contributed by atoms with Gasteiger partial charge in [-0.15, -0.1) is 0 Å². The molecule has 0 fully saturated rings. The fraction of sp³-hybridized carbons (Fsp3) is 0.737. The van der Waals surface area contributed by atoms with Crippen molar-refractivity contribution in [2.75, 3.05) is 0 Å². The second-order valence-corrected chi connectivity index (χ2v) is 6.62. The van der Waals surface area contributed by atoms with E-state index in [0.717, 1.165) is 19.3 Å². The van der Waals surface area contributed by atoms with Gasteiger partial charge in [0.25, 0.3) is 5.91 Å². The largest absolute Gasteiger partial charge is 0.510 e. The van der Waals surface area contributed by atoms with E-state index < -0.39 is 29.9 Å². The summed E-state index contributed by atoms with van der Waals surface area (Å²) in [6, 6.07) is -1.54. The average molecular weight is 386 g/mol. The van der Waals surface area contributed by atoms with Gasteiger partial charge in [-0.25, -0.2) is 4.79 Å². The number of hydrogen-bond donors (Lipinski definition) is 5. The molecule has 0 aliphatic heterocycles. The predicted molar refractivity (Wildman–Crippen MR) is 102 cm³/mol. The Balaban J connectivity index is 4.64. The minimum absolute atomic E-state index is 0.0902. The predicted octanol–water partition coefficient (Wildman–Crippen LogP) is 2.37. The zero-order valence-electron chi connectivity index (χ0n) is 16.6. The Labute approximate surface area is 161 Å². The van der Waals surface area contributed by atoms with Gasteiger partial charge in [-0.05, 0) is 13.3 Å². The molecule has 0 aromatic heterocycles. The Morgan fingerprint density at radius 2 is 1.48 bits per heavy atom. The van der Waals surface area contributed by atoms with E-state index in [1.807, 2.05) is 0 Å². The maximum absolute atomic E-state index is 12.3. The highest BCUT2D eigenvalue weighted by Gasteiger charge is 2.28. The fourth-order valence-electron chi connectivity index (χ4n) is 2.48. The summed E-state index contributed by atoms with van der Waals surface area (Å²) in [5.41, 5.74) is -0.377. The second kappa shape index (κ2) is 14.0. The van der Waals surface area contributed by atoms with Crippen LogP contribution in [0.1, 0.15) is 78.6 Å². The summed E-state index contributed by atoms with van der Waals surface area (Å²) in [4.78, 5) is 35.4. The zero-order chi connectivity index (χ0) is 20.8. The smallest absolute Gasteiger partial charge is 0.328 e. The van der Waals surface area contributed by atoms with Crippen LogP contribution in [0.15, 0.2) is 11.5 Å². The summed E-state index contributed by atoms with van der Waals surface area (Å²) in [6.45, 7) is 4.97. The van der Waals surface area contributed by atoms with Gasteiger partial charge >= 0.3 is 5.97 Å². The molecule has 0 heterocycles. The van der Waals surface area contributed by atoms with Crippen molar-refractivity contribution in [1.82, 2.24) is 10.6 Å². The van der Waals surface area contributed by atoms with Crippen LogP contribution in [0.2, 0.25) is 0 Å². The molecule has 27 heavy (non-hydrogen) atoms. The summed E-state index contributed by atoms with van der Waals surface area (Å²) in [5, 5.41) is 32.9. The van der Waals surface area contributed by atoms with Gasteiger partial charge in [0, 0.05) is 12.8 Å². The number of rotatable bonds is 14. The number of unbranched alkanes of at least 4 members (excludes halogenated alkanes) is 6. The molecule has 0 aliphatic rings. The molecule has 0 spiro atoms. The van der Waals surface area contributed by atoms with Crippen molar-refractivity contribution < 1.29 is 29.7 Å². The molecule has 8 nitrogen and oxygen atoms in total. The van der Waals surface area contributed by atoms with Crippen molar-refractivity contribution in [2.45, 2.75) is 90.7 Å². The number of carbonyl (C=O) groups is 3. The van der Waals surface area contributed by atoms with Crippen LogP contribution in [0.3, 0.4) is 0 Å². The van der Waals surface area contributed by atoms with Gasteiger partial charge in [0.05, 0.1) is 6.10 Å². The number of carboxylic acid groups (broad SMARTS) is 1. The molecule has 156 valence electrons. The standard InChI is InChI=1S/C19H34N2O6/c1-4-6-7-8-9-10-11-12-15(24)20-17(14(23)5-2)18(25)21-16(13(3)22)19(26)27/h13,16,22-23H,4-12H2,1-3H3,(H,20,24)(H,21,25)(H,26,27). The Morgan fingerprint density at radius 1 is 0.926 bits per heavy atom.